The lowest BCUT2D eigenvalue weighted by molar-refractivity contribution is -0.384. The van der Waals surface area contributed by atoms with Crippen LogP contribution in [0.15, 0.2) is 41.1 Å². The average molecular weight is 324 g/mol. The van der Waals surface area contributed by atoms with E-state index in [9.17, 15) is 10.1 Å². The predicted molar refractivity (Wildman–Crippen MR) is 73.8 cm³/mol. The maximum atomic E-state index is 10.7. The average Bonchev–Trinajstić information content (AvgIpc) is 2.37. The van der Waals surface area contributed by atoms with Crippen LogP contribution in [0.25, 0.3) is 0 Å². The van der Waals surface area contributed by atoms with Gasteiger partial charge in [0.15, 0.2) is 0 Å². The van der Waals surface area contributed by atoms with Crippen LogP contribution >= 0.6 is 15.9 Å². The highest BCUT2D eigenvalue weighted by Gasteiger charge is 2.09. The molecule has 0 saturated heterocycles. The number of non-ortho nitro benzene ring substituents is 1. The molecule has 0 spiro atoms. The SMILES string of the molecule is Nc1ccc([N+](=O)[O-])cc1COc1cncc(Br)c1. The fraction of sp³-hybridized carbons (Fsp3) is 0.0833. The number of benzene rings is 1. The first-order valence-corrected chi connectivity index (χ1v) is 6.11. The topological polar surface area (TPSA) is 91.3 Å². The third-order valence-corrected chi connectivity index (χ3v) is 2.85. The number of rotatable bonds is 4. The molecule has 0 amide bonds. The Labute approximate surface area is 117 Å². The molecule has 98 valence electrons. The summed E-state index contributed by atoms with van der Waals surface area (Å²) in [4.78, 5) is 14.2. The maximum absolute atomic E-state index is 10.7. The molecule has 0 aliphatic carbocycles. The van der Waals surface area contributed by atoms with Crippen molar-refractivity contribution in [1.82, 2.24) is 4.98 Å². The molecule has 0 aliphatic heterocycles. The van der Waals surface area contributed by atoms with Gasteiger partial charge in [0.1, 0.15) is 12.4 Å². The van der Waals surface area contributed by atoms with Gasteiger partial charge in [0, 0.05) is 34.1 Å². The van der Waals surface area contributed by atoms with E-state index < -0.39 is 4.92 Å². The Bertz CT molecular complexity index is 619. The fourth-order valence-electron chi connectivity index (χ4n) is 1.46. The van der Waals surface area contributed by atoms with Gasteiger partial charge in [-0.2, -0.15) is 0 Å². The van der Waals surface area contributed by atoms with Crippen molar-refractivity contribution in [1.29, 1.82) is 0 Å². The van der Waals surface area contributed by atoms with E-state index >= 15 is 0 Å². The second-order valence-corrected chi connectivity index (χ2v) is 4.68. The predicted octanol–water partition coefficient (Wildman–Crippen LogP) is 2.91. The van der Waals surface area contributed by atoms with Crippen LogP contribution in [-0.4, -0.2) is 9.91 Å². The van der Waals surface area contributed by atoms with Gasteiger partial charge in [0.2, 0.25) is 0 Å². The molecule has 0 atom stereocenters. The number of ether oxygens (including phenoxy) is 1. The summed E-state index contributed by atoms with van der Waals surface area (Å²) in [5, 5.41) is 10.7. The molecular weight excluding hydrogens is 314 g/mol. The number of nitrogen functional groups attached to an aromatic ring is 1. The molecular formula is C12H10BrN3O3. The van der Waals surface area contributed by atoms with Crippen molar-refractivity contribution >= 4 is 27.3 Å². The molecule has 0 fully saturated rings. The second-order valence-electron chi connectivity index (χ2n) is 3.77. The first-order chi connectivity index (χ1) is 9.06. The number of nitrogens with zero attached hydrogens (tertiary/aromatic N) is 2. The van der Waals surface area contributed by atoms with Crippen LogP contribution in [0.1, 0.15) is 5.56 Å². The van der Waals surface area contributed by atoms with Crippen LogP contribution in [0, 0.1) is 10.1 Å². The quantitative estimate of drug-likeness (QED) is 0.530. The molecule has 0 saturated carbocycles. The summed E-state index contributed by atoms with van der Waals surface area (Å²) >= 11 is 3.28. The standard InChI is InChI=1S/C12H10BrN3O3/c13-9-4-11(6-15-5-9)19-7-8-3-10(16(17)18)1-2-12(8)14/h1-6H,7,14H2. The molecule has 2 aromatic rings. The normalized spacial score (nSPS) is 10.2. The van der Waals surface area contributed by atoms with Crippen molar-refractivity contribution in [3.8, 4) is 5.75 Å². The molecule has 1 aromatic heterocycles. The number of hydrogen-bond acceptors (Lipinski definition) is 5. The van der Waals surface area contributed by atoms with E-state index in [1.54, 1.807) is 18.5 Å². The molecule has 6 nitrogen and oxygen atoms in total. The van der Waals surface area contributed by atoms with Crippen molar-refractivity contribution in [3.05, 3.63) is 56.8 Å². The molecule has 2 rings (SSSR count). The van der Waals surface area contributed by atoms with Gasteiger partial charge in [0.25, 0.3) is 5.69 Å². The fourth-order valence-corrected chi connectivity index (χ4v) is 1.81. The van der Waals surface area contributed by atoms with Crippen molar-refractivity contribution in [2.45, 2.75) is 6.61 Å². The molecule has 0 unspecified atom stereocenters. The van der Waals surface area contributed by atoms with Crippen molar-refractivity contribution in [2.75, 3.05) is 5.73 Å². The number of nitro benzene ring substituents is 1. The number of anilines is 1. The van der Waals surface area contributed by atoms with Gasteiger partial charge in [0.05, 0.1) is 11.1 Å². The Hall–Kier alpha value is -2.15. The van der Waals surface area contributed by atoms with E-state index in [1.165, 1.54) is 18.2 Å². The number of aromatic nitrogens is 1. The molecule has 7 heteroatoms. The Balaban J connectivity index is 2.15. The number of hydrogen-bond donors (Lipinski definition) is 1. The van der Waals surface area contributed by atoms with Crippen molar-refractivity contribution in [3.63, 3.8) is 0 Å². The summed E-state index contributed by atoms with van der Waals surface area (Å²) in [7, 11) is 0. The van der Waals surface area contributed by atoms with Gasteiger partial charge in [-0.25, -0.2) is 0 Å². The van der Waals surface area contributed by atoms with E-state index in [0.717, 1.165) is 4.47 Å². The lowest BCUT2D eigenvalue weighted by Gasteiger charge is -2.08. The summed E-state index contributed by atoms with van der Waals surface area (Å²) in [6, 6.07) is 6.01. The minimum Gasteiger partial charge on any atom is -0.487 e. The monoisotopic (exact) mass is 323 g/mol. The third kappa shape index (κ3) is 3.41. The lowest BCUT2D eigenvalue weighted by atomic mass is 10.1. The van der Waals surface area contributed by atoms with E-state index in [4.69, 9.17) is 10.5 Å². The summed E-state index contributed by atoms with van der Waals surface area (Å²) in [5.74, 6) is 0.556. The largest absolute Gasteiger partial charge is 0.487 e. The first kappa shape index (κ1) is 13.3. The molecule has 0 bridgehead atoms. The number of nitrogens with two attached hydrogens (primary N) is 1. The maximum Gasteiger partial charge on any atom is 0.269 e. The van der Waals surface area contributed by atoms with E-state index in [0.29, 0.717) is 17.0 Å². The van der Waals surface area contributed by atoms with Gasteiger partial charge >= 0.3 is 0 Å². The highest BCUT2D eigenvalue weighted by molar-refractivity contribution is 9.10. The van der Waals surface area contributed by atoms with Crippen LogP contribution in [-0.2, 0) is 6.61 Å². The van der Waals surface area contributed by atoms with Crippen molar-refractivity contribution < 1.29 is 9.66 Å². The van der Waals surface area contributed by atoms with Crippen LogP contribution in [0.2, 0.25) is 0 Å². The summed E-state index contributed by atoms with van der Waals surface area (Å²) in [6.07, 6.45) is 3.19. The molecule has 0 aliphatic rings. The van der Waals surface area contributed by atoms with Gasteiger partial charge in [-0.05, 0) is 28.1 Å². The van der Waals surface area contributed by atoms with Crippen LogP contribution in [0.3, 0.4) is 0 Å². The Morgan fingerprint density at radius 3 is 2.84 bits per heavy atom. The van der Waals surface area contributed by atoms with Crippen LogP contribution in [0.4, 0.5) is 11.4 Å². The molecule has 2 N–H and O–H groups in total. The molecule has 1 aromatic carbocycles. The number of halogens is 1. The Kier molecular flexibility index (Phi) is 3.96. The van der Waals surface area contributed by atoms with E-state index in [-0.39, 0.29) is 12.3 Å². The summed E-state index contributed by atoms with van der Waals surface area (Å²) < 4.78 is 6.28. The zero-order chi connectivity index (χ0) is 13.8. The van der Waals surface area contributed by atoms with Crippen LogP contribution < -0.4 is 10.5 Å². The minimum absolute atomic E-state index is 0.0137. The Morgan fingerprint density at radius 2 is 2.16 bits per heavy atom. The molecule has 0 radical (unpaired) electrons. The van der Waals surface area contributed by atoms with Crippen molar-refractivity contribution in [2.24, 2.45) is 0 Å². The second kappa shape index (κ2) is 5.66. The zero-order valence-electron chi connectivity index (χ0n) is 9.75. The van der Waals surface area contributed by atoms with E-state index in [1.807, 2.05) is 0 Å². The highest BCUT2D eigenvalue weighted by atomic mass is 79.9. The molecule has 19 heavy (non-hydrogen) atoms. The smallest absolute Gasteiger partial charge is 0.269 e. The summed E-state index contributed by atoms with van der Waals surface area (Å²) in [6.45, 7) is 0.144. The number of pyridine rings is 1. The summed E-state index contributed by atoms with van der Waals surface area (Å²) in [5.41, 5.74) is 6.76. The molecule has 1 heterocycles. The van der Waals surface area contributed by atoms with Crippen LogP contribution in [0.5, 0.6) is 5.75 Å². The van der Waals surface area contributed by atoms with Gasteiger partial charge in [-0.15, -0.1) is 0 Å². The Morgan fingerprint density at radius 1 is 1.37 bits per heavy atom. The highest BCUT2D eigenvalue weighted by Crippen LogP contribution is 2.22. The lowest BCUT2D eigenvalue weighted by Crippen LogP contribution is -2.01. The van der Waals surface area contributed by atoms with Gasteiger partial charge in [-0.3, -0.25) is 15.1 Å². The van der Waals surface area contributed by atoms with E-state index in [2.05, 4.69) is 20.9 Å². The first-order valence-electron chi connectivity index (χ1n) is 5.32. The van der Waals surface area contributed by atoms with Gasteiger partial charge < -0.3 is 10.5 Å². The van der Waals surface area contributed by atoms with Gasteiger partial charge in [-0.1, -0.05) is 0 Å². The number of nitro groups is 1. The third-order valence-electron chi connectivity index (χ3n) is 2.41. The minimum atomic E-state index is -0.469. The zero-order valence-corrected chi connectivity index (χ0v) is 11.3.